The van der Waals surface area contributed by atoms with Crippen molar-refractivity contribution in [2.75, 3.05) is 36.3 Å². The van der Waals surface area contributed by atoms with E-state index >= 15 is 0 Å². The number of rotatable bonds is 4. The molecule has 0 bridgehead atoms. The monoisotopic (exact) mass is 446 g/mol. The van der Waals surface area contributed by atoms with Gasteiger partial charge in [0.05, 0.1) is 5.69 Å². The number of likely N-dealkylation sites (N-methyl/N-ethyl adjacent to an activating group) is 1. The quantitative estimate of drug-likeness (QED) is 0.577. The van der Waals surface area contributed by atoms with Crippen LogP contribution in [-0.2, 0) is 10.0 Å². The van der Waals surface area contributed by atoms with Crippen LogP contribution in [0.3, 0.4) is 0 Å². The molecule has 2 aromatic rings. The van der Waals surface area contributed by atoms with Crippen LogP contribution in [0.1, 0.15) is 6.42 Å². The van der Waals surface area contributed by atoms with Gasteiger partial charge in [-0.25, -0.2) is 22.2 Å². The fraction of sp³-hybridized carbons (Fsp3) is 0.389. The van der Waals surface area contributed by atoms with E-state index in [1.165, 1.54) is 6.07 Å². The Kier molecular flexibility index (Phi) is 5.12. The standard InChI is InChI=1S/C18H18ClF3N4O2S/c1-25-6-5-10-8-26(9-13(10)25)12-7-11(20)18(17(22)16(12)19)29(27,28)24-15-4-2-3-14(21)23-15/h2-4,7,10,13H,5-6,8-9H2,1H3,(H,23,24). The second-order valence-corrected chi connectivity index (χ2v) is 9.28. The average Bonchev–Trinajstić information content (AvgIpc) is 3.20. The molecule has 2 fully saturated rings. The molecule has 29 heavy (non-hydrogen) atoms. The smallest absolute Gasteiger partial charge is 0.268 e. The molecule has 2 unspecified atom stereocenters. The summed E-state index contributed by atoms with van der Waals surface area (Å²) in [7, 11) is -2.72. The van der Waals surface area contributed by atoms with Crippen LogP contribution < -0.4 is 9.62 Å². The second-order valence-electron chi connectivity index (χ2n) is 7.29. The molecule has 2 aliphatic rings. The Labute approximate surface area is 171 Å². The van der Waals surface area contributed by atoms with Crippen LogP contribution in [0.15, 0.2) is 29.2 Å². The molecule has 3 heterocycles. The third kappa shape index (κ3) is 3.64. The van der Waals surface area contributed by atoms with E-state index in [1.54, 1.807) is 4.90 Å². The highest BCUT2D eigenvalue weighted by atomic mass is 35.5. The van der Waals surface area contributed by atoms with Crippen molar-refractivity contribution in [2.24, 2.45) is 5.92 Å². The summed E-state index contributed by atoms with van der Waals surface area (Å²) in [4.78, 5) is 6.08. The van der Waals surface area contributed by atoms with Crippen LogP contribution in [0.25, 0.3) is 0 Å². The van der Waals surface area contributed by atoms with E-state index in [2.05, 4.69) is 9.88 Å². The molecule has 1 N–H and O–H groups in total. The van der Waals surface area contributed by atoms with Gasteiger partial charge in [0.1, 0.15) is 16.7 Å². The van der Waals surface area contributed by atoms with E-state index in [1.807, 2.05) is 11.8 Å². The highest BCUT2D eigenvalue weighted by molar-refractivity contribution is 7.92. The summed E-state index contributed by atoms with van der Waals surface area (Å²) in [5.74, 6) is -3.65. The Hall–Kier alpha value is -2.04. The molecule has 2 aliphatic heterocycles. The second kappa shape index (κ2) is 7.33. The molecule has 0 radical (unpaired) electrons. The number of fused-ring (bicyclic) bond motifs is 1. The van der Waals surface area contributed by atoms with Crippen LogP contribution >= 0.6 is 11.6 Å². The highest BCUT2D eigenvalue weighted by Gasteiger charge is 2.41. The van der Waals surface area contributed by atoms with E-state index in [0.717, 1.165) is 31.2 Å². The summed E-state index contributed by atoms with van der Waals surface area (Å²) in [5.41, 5.74) is 0.118. The average molecular weight is 447 g/mol. The predicted molar refractivity (Wildman–Crippen MR) is 103 cm³/mol. The number of hydrogen-bond donors (Lipinski definition) is 1. The Morgan fingerprint density at radius 1 is 1.24 bits per heavy atom. The van der Waals surface area contributed by atoms with Gasteiger partial charge in [0.15, 0.2) is 10.7 Å². The molecule has 156 valence electrons. The number of nitrogens with zero attached hydrogens (tertiary/aromatic N) is 3. The van der Waals surface area contributed by atoms with Crippen LogP contribution in [0.4, 0.5) is 24.7 Å². The van der Waals surface area contributed by atoms with Crippen molar-refractivity contribution in [3.63, 3.8) is 0 Å². The van der Waals surface area contributed by atoms with Gasteiger partial charge in [-0.2, -0.15) is 4.39 Å². The van der Waals surface area contributed by atoms with Gasteiger partial charge in [0, 0.05) is 25.2 Å². The summed E-state index contributed by atoms with van der Waals surface area (Å²) in [6, 6.07) is 4.57. The first-order valence-electron chi connectivity index (χ1n) is 8.95. The van der Waals surface area contributed by atoms with Crippen molar-refractivity contribution in [2.45, 2.75) is 17.4 Å². The number of nitrogens with one attached hydrogen (secondary N) is 1. The van der Waals surface area contributed by atoms with Gasteiger partial charge in [-0.05, 0) is 38.1 Å². The molecular weight excluding hydrogens is 429 g/mol. The number of aromatic nitrogens is 1. The van der Waals surface area contributed by atoms with Crippen LogP contribution in [0.2, 0.25) is 5.02 Å². The summed E-state index contributed by atoms with van der Waals surface area (Å²) in [6.07, 6.45) is 0.983. The lowest BCUT2D eigenvalue weighted by atomic mass is 10.1. The van der Waals surface area contributed by atoms with Crippen molar-refractivity contribution >= 4 is 33.1 Å². The largest absolute Gasteiger partial charge is 0.368 e. The molecule has 0 saturated carbocycles. The molecule has 1 aromatic heterocycles. The first kappa shape index (κ1) is 20.2. The number of halogens is 4. The molecule has 0 aliphatic carbocycles. The maximum absolute atomic E-state index is 14.9. The summed E-state index contributed by atoms with van der Waals surface area (Å²) < 4.78 is 69.7. The number of benzene rings is 1. The van der Waals surface area contributed by atoms with Crippen molar-refractivity contribution < 1.29 is 21.6 Å². The lowest BCUT2D eigenvalue weighted by Crippen LogP contribution is -2.32. The minimum atomic E-state index is -4.72. The molecule has 2 saturated heterocycles. The highest BCUT2D eigenvalue weighted by Crippen LogP contribution is 2.39. The molecule has 6 nitrogen and oxygen atoms in total. The minimum absolute atomic E-state index is 0.118. The summed E-state index contributed by atoms with van der Waals surface area (Å²) in [6.45, 7) is 2.11. The Balaban J connectivity index is 1.67. The van der Waals surface area contributed by atoms with Gasteiger partial charge in [0.25, 0.3) is 10.0 Å². The van der Waals surface area contributed by atoms with E-state index in [4.69, 9.17) is 11.6 Å². The zero-order valence-electron chi connectivity index (χ0n) is 15.4. The van der Waals surface area contributed by atoms with Crippen molar-refractivity contribution in [3.8, 4) is 0 Å². The van der Waals surface area contributed by atoms with Crippen LogP contribution in [0, 0.1) is 23.5 Å². The van der Waals surface area contributed by atoms with Crippen LogP contribution in [-0.4, -0.2) is 51.0 Å². The van der Waals surface area contributed by atoms with Gasteiger partial charge in [0.2, 0.25) is 5.95 Å². The first-order chi connectivity index (χ1) is 13.7. The Bertz CT molecular complexity index is 1070. The molecule has 11 heteroatoms. The van der Waals surface area contributed by atoms with Gasteiger partial charge in [-0.15, -0.1) is 0 Å². The lowest BCUT2D eigenvalue weighted by Gasteiger charge is -2.24. The van der Waals surface area contributed by atoms with Crippen molar-refractivity contribution in [1.82, 2.24) is 9.88 Å². The maximum atomic E-state index is 14.9. The molecule has 4 rings (SSSR count). The predicted octanol–water partition coefficient (Wildman–Crippen LogP) is 3.09. The molecule has 0 amide bonds. The first-order valence-corrected chi connectivity index (χ1v) is 10.8. The van der Waals surface area contributed by atoms with E-state index in [0.29, 0.717) is 19.0 Å². The summed E-state index contributed by atoms with van der Waals surface area (Å²) >= 11 is 6.11. The fourth-order valence-corrected chi connectivity index (χ4v) is 5.53. The fourth-order valence-electron chi connectivity index (χ4n) is 4.07. The van der Waals surface area contributed by atoms with Gasteiger partial charge >= 0.3 is 0 Å². The molecule has 0 spiro atoms. The van der Waals surface area contributed by atoms with Gasteiger partial charge in [-0.3, -0.25) is 4.72 Å². The van der Waals surface area contributed by atoms with Crippen molar-refractivity contribution in [3.05, 3.63) is 46.9 Å². The zero-order valence-corrected chi connectivity index (χ0v) is 16.9. The molecule has 2 atom stereocenters. The number of hydrogen-bond acceptors (Lipinski definition) is 5. The third-order valence-corrected chi connectivity index (χ3v) is 7.24. The summed E-state index contributed by atoms with van der Waals surface area (Å²) in [5, 5.41) is -0.471. The van der Waals surface area contributed by atoms with Gasteiger partial charge in [-0.1, -0.05) is 17.7 Å². The minimum Gasteiger partial charge on any atom is -0.368 e. The SMILES string of the molecule is CN1CCC2CN(c3cc(F)c(S(=O)(=O)Nc4cccc(F)n4)c(F)c3Cl)CC21. The zero-order chi connectivity index (χ0) is 20.9. The Morgan fingerprint density at radius 3 is 2.69 bits per heavy atom. The number of sulfonamides is 1. The topological polar surface area (TPSA) is 65.5 Å². The molecule has 1 aromatic carbocycles. The van der Waals surface area contributed by atoms with E-state index in [9.17, 15) is 21.6 Å². The van der Waals surface area contributed by atoms with E-state index < -0.39 is 43.3 Å². The van der Waals surface area contributed by atoms with Crippen molar-refractivity contribution in [1.29, 1.82) is 0 Å². The number of likely N-dealkylation sites (tertiary alicyclic amines) is 1. The third-order valence-electron chi connectivity index (χ3n) is 5.49. The maximum Gasteiger partial charge on any atom is 0.268 e. The lowest BCUT2D eigenvalue weighted by molar-refractivity contribution is 0.310. The number of pyridine rings is 1. The number of anilines is 2. The normalized spacial score (nSPS) is 22.2. The van der Waals surface area contributed by atoms with Gasteiger partial charge < -0.3 is 9.80 Å². The van der Waals surface area contributed by atoms with Crippen LogP contribution in [0.5, 0.6) is 0 Å². The Morgan fingerprint density at radius 2 is 2.00 bits per heavy atom. The molecular formula is C18H18ClF3N4O2S. The van der Waals surface area contributed by atoms with E-state index in [-0.39, 0.29) is 11.7 Å².